The van der Waals surface area contributed by atoms with E-state index in [1.807, 2.05) is 21.2 Å². The molecule has 4 nitrogen and oxygen atoms in total. The lowest BCUT2D eigenvalue weighted by molar-refractivity contribution is -0.121. The summed E-state index contributed by atoms with van der Waals surface area (Å²) in [5.41, 5.74) is 0.900. The van der Waals surface area contributed by atoms with E-state index in [0.717, 1.165) is 34.0 Å². The van der Waals surface area contributed by atoms with Crippen LogP contribution in [0.3, 0.4) is 0 Å². The van der Waals surface area contributed by atoms with Crippen LogP contribution in [-0.2, 0) is 11.3 Å². The van der Waals surface area contributed by atoms with E-state index in [-0.39, 0.29) is 11.7 Å². The monoisotopic (exact) mass is 449 g/mol. The summed E-state index contributed by atoms with van der Waals surface area (Å²) in [6.45, 7) is 4.75. The fourth-order valence-corrected chi connectivity index (χ4v) is 2.76. The van der Waals surface area contributed by atoms with Gasteiger partial charge in [-0.05, 0) is 42.9 Å². The van der Waals surface area contributed by atoms with Crippen molar-refractivity contribution >= 4 is 36.3 Å². The molecule has 0 aliphatic carbocycles. The Morgan fingerprint density at radius 1 is 1.43 bits per heavy atom. The third-order valence-electron chi connectivity index (χ3n) is 3.18. The van der Waals surface area contributed by atoms with Gasteiger partial charge in [0.25, 0.3) is 0 Å². The highest BCUT2D eigenvalue weighted by Crippen LogP contribution is 2.31. The van der Waals surface area contributed by atoms with Crippen LogP contribution in [0.2, 0.25) is 0 Å². The Bertz CT molecular complexity index is 521. The minimum absolute atomic E-state index is 0.0525. The fraction of sp³-hybridized carbons (Fsp3) is 0.471. The molecule has 1 rings (SSSR count). The number of benzene rings is 1. The van der Waals surface area contributed by atoms with Gasteiger partial charge in [0.05, 0.1) is 0 Å². The first kappa shape index (κ1) is 20.2. The summed E-state index contributed by atoms with van der Waals surface area (Å²) in [6.07, 6.45) is 7.87. The molecule has 0 bridgehead atoms. The Kier molecular flexibility index (Phi) is 10.2. The summed E-state index contributed by atoms with van der Waals surface area (Å²) < 4.78 is 5.24. The molecule has 6 heteroatoms. The number of carbonyl (C=O) groups excluding carboxylic acids is 1. The zero-order valence-electron chi connectivity index (χ0n) is 13.5. The van der Waals surface area contributed by atoms with Crippen LogP contribution in [0, 0.1) is 5.92 Å². The second-order valence-corrected chi connectivity index (χ2v) is 7.01. The molecule has 0 unspecified atom stereocenters. The van der Waals surface area contributed by atoms with Crippen molar-refractivity contribution in [1.82, 2.24) is 5.32 Å². The van der Waals surface area contributed by atoms with Gasteiger partial charge in [-0.1, -0.05) is 32.1 Å². The third kappa shape index (κ3) is 9.10. The Balaban J connectivity index is 2.27. The van der Waals surface area contributed by atoms with Crippen LogP contribution in [0.25, 0.3) is 0 Å². The third-order valence-corrected chi connectivity index (χ3v) is 3.96. The van der Waals surface area contributed by atoms with Crippen LogP contribution < -0.4 is 9.50 Å². The van der Waals surface area contributed by atoms with Gasteiger partial charge in [0.2, 0.25) is 5.91 Å². The average molecular weight is 449 g/mol. The Morgan fingerprint density at radius 2 is 2.22 bits per heavy atom. The van der Waals surface area contributed by atoms with Gasteiger partial charge >= 0.3 is 0 Å². The van der Waals surface area contributed by atoms with Crippen LogP contribution in [-0.4, -0.2) is 11.0 Å². The number of phenolic OH excluding ortho intramolecular Hbond substituents is 1. The van der Waals surface area contributed by atoms with E-state index in [0.29, 0.717) is 24.6 Å². The molecule has 0 spiro atoms. The maximum atomic E-state index is 11.8. The van der Waals surface area contributed by atoms with Crippen LogP contribution in [0.5, 0.6) is 11.5 Å². The number of phenols is 1. The van der Waals surface area contributed by atoms with Gasteiger partial charge in [-0.2, -0.15) is 0 Å². The quantitative estimate of drug-likeness (QED) is 0.224. The van der Waals surface area contributed by atoms with Crippen LogP contribution in [0.15, 0.2) is 30.4 Å². The van der Waals surface area contributed by atoms with Gasteiger partial charge in [0, 0.05) is 34.2 Å². The lowest BCUT2D eigenvalue weighted by Gasteiger charge is -2.08. The molecule has 1 aromatic carbocycles. The summed E-state index contributed by atoms with van der Waals surface area (Å²) in [5.74, 6) is 1.14. The van der Waals surface area contributed by atoms with Gasteiger partial charge in [-0.15, -0.1) is 0 Å². The molecular formula is C17H24INO3S. The summed E-state index contributed by atoms with van der Waals surface area (Å²) in [7, 11) is 1.14. The number of nitrogens with one attached hydrogen (secondary N) is 1. The first-order chi connectivity index (χ1) is 11.0. The van der Waals surface area contributed by atoms with Crippen molar-refractivity contribution in [2.45, 2.75) is 46.1 Å². The Morgan fingerprint density at radius 3 is 2.91 bits per heavy atom. The largest absolute Gasteiger partial charge is 0.504 e. The van der Waals surface area contributed by atoms with Gasteiger partial charge in [0.15, 0.2) is 11.5 Å². The summed E-state index contributed by atoms with van der Waals surface area (Å²) in [6, 6.07) is 5.08. The van der Waals surface area contributed by atoms with Crippen molar-refractivity contribution in [3.63, 3.8) is 0 Å². The van der Waals surface area contributed by atoms with Gasteiger partial charge in [-0.25, -0.2) is 0 Å². The minimum Gasteiger partial charge on any atom is -0.504 e. The molecule has 0 saturated heterocycles. The van der Waals surface area contributed by atoms with E-state index in [1.165, 1.54) is 0 Å². The van der Waals surface area contributed by atoms with Gasteiger partial charge in [-0.3, -0.25) is 4.79 Å². The number of carbonyl (C=O) groups is 1. The number of unbranched alkanes of at least 4 members (excludes halogenated alkanes) is 2. The number of hydrogen-bond donors (Lipinski definition) is 2. The first-order valence-corrected chi connectivity index (χ1v) is 11.0. The standard InChI is InChI=1S/C17H24INO3S/c1-13(2)7-5-3-4-6-8-17(21)19-12-14-9-10-15(20)16(11-14)22-23-18/h5,7,9-11,13,20H,3-4,6,8,12H2,1-2H3,(H,19,21)/b7-5+. The summed E-state index contributed by atoms with van der Waals surface area (Å²) in [4.78, 5) is 11.8. The van der Waals surface area contributed by atoms with Gasteiger partial charge < -0.3 is 14.6 Å². The topological polar surface area (TPSA) is 58.6 Å². The van der Waals surface area contributed by atoms with Crippen molar-refractivity contribution in [3.8, 4) is 11.5 Å². The minimum atomic E-state index is 0.0525. The van der Waals surface area contributed by atoms with Crippen LogP contribution in [0.1, 0.15) is 45.1 Å². The van der Waals surface area contributed by atoms with E-state index in [9.17, 15) is 9.90 Å². The van der Waals surface area contributed by atoms with Crippen molar-refractivity contribution in [2.75, 3.05) is 0 Å². The van der Waals surface area contributed by atoms with Crippen molar-refractivity contribution in [1.29, 1.82) is 0 Å². The van der Waals surface area contributed by atoms with Crippen molar-refractivity contribution < 1.29 is 14.1 Å². The molecule has 0 aromatic heterocycles. The molecule has 0 fully saturated rings. The van der Waals surface area contributed by atoms with Crippen LogP contribution in [0.4, 0.5) is 0 Å². The van der Waals surface area contributed by atoms with Crippen molar-refractivity contribution in [2.24, 2.45) is 5.92 Å². The molecule has 0 aliphatic rings. The molecule has 0 saturated carbocycles. The molecule has 2 N–H and O–H groups in total. The average Bonchev–Trinajstić information content (AvgIpc) is 2.51. The number of hydrogen-bond acceptors (Lipinski definition) is 4. The number of rotatable bonds is 10. The van der Waals surface area contributed by atoms with E-state index < -0.39 is 0 Å². The molecule has 23 heavy (non-hydrogen) atoms. The SMILES string of the molecule is CC(C)/C=C/CCCCC(=O)NCc1ccc(O)c(OSI)c1. The zero-order valence-corrected chi connectivity index (χ0v) is 16.5. The molecule has 1 aromatic rings. The fourth-order valence-electron chi connectivity index (χ4n) is 1.97. The Labute approximate surface area is 154 Å². The highest BCUT2D eigenvalue weighted by molar-refractivity contribution is 14.2. The summed E-state index contributed by atoms with van der Waals surface area (Å²) >= 11 is 1.99. The van der Waals surface area contributed by atoms with E-state index in [4.69, 9.17) is 4.18 Å². The maximum Gasteiger partial charge on any atom is 0.220 e. The smallest absolute Gasteiger partial charge is 0.220 e. The molecule has 0 radical (unpaired) electrons. The molecule has 0 atom stereocenters. The molecule has 128 valence electrons. The predicted octanol–water partition coefficient (Wildman–Crippen LogP) is 5.16. The second-order valence-electron chi connectivity index (χ2n) is 5.64. The Hall–Kier alpha value is -0.890. The number of allylic oxidation sites excluding steroid dienone is 2. The maximum absolute atomic E-state index is 11.8. The first-order valence-electron chi connectivity index (χ1n) is 7.73. The lowest BCUT2D eigenvalue weighted by Crippen LogP contribution is -2.22. The van der Waals surface area contributed by atoms with E-state index >= 15 is 0 Å². The number of amides is 1. The van der Waals surface area contributed by atoms with Gasteiger partial charge in [0.1, 0.15) is 9.21 Å². The molecule has 0 heterocycles. The molecule has 1 amide bonds. The predicted molar refractivity (Wildman–Crippen MR) is 105 cm³/mol. The highest BCUT2D eigenvalue weighted by atomic mass is 127. The van der Waals surface area contributed by atoms with E-state index in [1.54, 1.807) is 18.2 Å². The normalized spacial score (nSPS) is 11.1. The summed E-state index contributed by atoms with van der Waals surface area (Å²) in [5, 5.41) is 12.5. The lowest BCUT2D eigenvalue weighted by atomic mass is 10.1. The van der Waals surface area contributed by atoms with Crippen molar-refractivity contribution in [3.05, 3.63) is 35.9 Å². The second kappa shape index (κ2) is 11.6. The molecule has 0 aliphatic heterocycles. The van der Waals surface area contributed by atoms with E-state index in [2.05, 4.69) is 31.3 Å². The number of halogens is 1. The molecular weight excluding hydrogens is 425 g/mol. The highest BCUT2D eigenvalue weighted by Gasteiger charge is 2.06. The zero-order chi connectivity index (χ0) is 17.1. The number of aromatic hydroxyl groups is 1. The van der Waals surface area contributed by atoms with Crippen LogP contribution >= 0.6 is 30.4 Å².